The van der Waals surface area contributed by atoms with Gasteiger partial charge in [0.15, 0.2) is 0 Å². The number of nitrogens with one attached hydrogen (secondary N) is 1. The van der Waals surface area contributed by atoms with Crippen molar-refractivity contribution >= 4 is 28.0 Å². The molecule has 0 aliphatic rings. The van der Waals surface area contributed by atoms with Crippen LogP contribution in [0.25, 0.3) is 22.0 Å². The lowest BCUT2D eigenvalue weighted by atomic mass is 10.00. The van der Waals surface area contributed by atoms with Gasteiger partial charge in [0.05, 0.1) is 41.5 Å². The first-order chi connectivity index (χ1) is 13.5. The number of hydrogen-bond acceptors (Lipinski definition) is 6. The van der Waals surface area contributed by atoms with Crippen LogP contribution < -0.4 is 15.8 Å². The molecule has 142 valence electrons. The summed E-state index contributed by atoms with van der Waals surface area (Å²) >= 11 is 0. The van der Waals surface area contributed by atoms with Crippen LogP contribution in [0.4, 0.5) is 17.1 Å². The quantitative estimate of drug-likeness (QED) is 0.514. The number of ether oxygens (including phenoxy) is 1. The van der Waals surface area contributed by atoms with Crippen molar-refractivity contribution in [3.8, 4) is 16.9 Å². The number of anilines is 3. The Morgan fingerprint density at radius 1 is 1.11 bits per heavy atom. The average molecular weight is 374 g/mol. The second kappa shape index (κ2) is 6.88. The highest BCUT2D eigenvalue weighted by molar-refractivity contribution is 6.02. The van der Waals surface area contributed by atoms with Crippen LogP contribution in [0.1, 0.15) is 17.0 Å². The number of para-hydroxylation sites is 1. The SMILES string of the molecule is COc1cc2c(Nc3ccccc3C)c(N)cnc2cc1-c1c(C)noc1C. The van der Waals surface area contributed by atoms with Crippen LogP contribution in [0, 0.1) is 20.8 Å². The molecule has 28 heavy (non-hydrogen) atoms. The Labute approximate surface area is 163 Å². The highest BCUT2D eigenvalue weighted by Crippen LogP contribution is 2.40. The van der Waals surface area contributed by atoms with E-state index in [1.54, 1.807) is 13.3 Å². The number of methoxy groups -OCH3 is 1. The Bertz CT molecular complexity index is 1160. The Hall–Kier alpha value is -3.54. The van der Waals surface area contributed by atoms with E-state index in [1.165, 1.54) is 0 Å². The monoisotopic (exact) mass is 374 g/mol. The third-order valence-electron chi connectivity index (χ3n) is 4.93. The fraction of sp³-hybridized carbons (Fsp3) is 0.182. The molecule has 3 N–H and O–H groups in total. The summed E-state index contributed by atoms with van der Waals surface area (Å²) < 4.78 is 11.0. The summed E-state index contributed by atoms with van der Waals surface area (Å²) in [5.74, 6) is 1.45. The molecule has 0 saturated heterocycles. The maximum atomic E-state index is 6.27. The van der Waals surface area contributed by atoms with Gasteiger partial charge in [-0.25, -0.2) is 0 Å². The second-order valence-corrected chi connectivity index (χ2v) is 6.80. The van der Waals surface area contributed by atoms with E-state index < -0.39 is 0 Å². The summed E-state index contributed by atoms with van der Waals surface area (Å²) in [5, 5.41) is 8.41. The van der Waals surface area contributed by atoms with Crippen molar-refractivity contribution in [2.24, 2.45) is 0 Å². The first kappa shape index (κ1) is 17.9. The molecule has 2 aromatic heterocycles. The molecule has 0 radical (unpaired) electrons. The minimum Gasteiger partial charge on any atom is -0.496 e. The number of nitrogens with two attached hydrogens (primary N) is 1. The van der Waals surface area contributed by atoms with E-state index in [2.05, 4.69) is 28.4 Å². The molecule has 0 aliphatic carbocycles. The maximum absolute atomic E-state index is 6.27. The lowest BCUT2D eigenvalue weighted by Crippen LogP contribution is -2.01. The van der Waals surface area contributed by atoms with Crippen molar-refractivity contribution in [1.29, 1.82) is 0 Å². The molecule has 0 aliphatic heterocycles. The molecule has 0 saturated carbocycles. The zero-order chi connectivity index (χ0) is 19.8. The van der Waals surface area contributed by atoms with Crippen LogP contribution in [-0.2, 0) is 0 Å². The smallest absolute Gasteiger partial charge is 0.141 e. The molecule has 4 aromatic rings. The number of rotatable bonds is 4. The van der Waals surface area contributed by atoms with Gasteiger partial charge in [0.1, 0.15) is 11.5 Å². The Kier molecular flexibility index (Phi) is 4.39. The van der Waals surface area contributed by atoms with E-state index >= 15 is 0 Å². The van der Waals surface area contributed by atoms with E-state index in [4.69, 9.17) is 15.0 Å². The predicted molar refractivity (Wildman–Crippen MR) is 112 cm³/mol. The number of benzene rings is 2. The largest absolute Gasteiger partial charge is 0.496 e. The average Bonchev–Trinajstić information content (AvgIpc) is 3.02. The van der Waals surface area contributed by atoms with Crippen molar-refractivity contribution in [3.05, 3.63) is 59.6 Å². The van der Waals surface area contributed by atoms with Crippen LogP contribution in [0.15, 0.2) is 47.1 Å². The van der Waals surface area contributed by atoms with Crippen LogP contribution in [-0.4, -0.2) is 17.3 Å². The fourth-order valence-electron chi connectivity index (χ4n) is 3.45. The summed E-state index contributed by atoms with van der Waals surface area (Å²) in [6, 6.07) is 12.0. The Morgan fingerprint density at radius 2 is 1.89 bits per heavy atom. The van der Waals surface area contributed by atoms with Gasteiger partial charge in [0.25, 0.3) is 0 Å². The van der Waals surface area contributed by atoms with Crippen molar-refractivity contribution in [3.63, 3.8) is 0 Å². The third-order valence-corrected chi connectivity index (χ3v) is 4.93. The summed E-state index contributed by atoms with van der Waals surface area (Å²) in [6.07, 6.45) is 1.67. The lowest BCUT2D eigenvalue weighted by Gasteiger charge is -2.16. The van der Waals surface area contributed by atoms with E-state index in [0.29, 0.717) is 11.4 Å². The molecule has 0 fully saturated rings. The normalized spacial score (nSPS) is 11.0. The molecular formula is C22H22N4O2. The first-order valence-corrected chi connectivity index (χ1v) is 9.01. The molecule has 0 unspecified atom stereocenters. The standard InChI is InChI=1S/C22H22N4O2/c1-12-7-5-6-8-18(12)25-22-15-10-20(27-4)16(9-19(15)24-11-17(22)23)21-13(2)26-28-14(21)3/h5-11H,23H2,1-4H3,(H,24,25). The number of fused-ring (bicyclic) bond motifs is 1. The molecule has 6 nitrogen and oxygen atoms in total. The Balaban J connectivity index is 1.93. The lowest BCUT2D eigenvalue weighted by molar-refractivity contribution is 0.393. The van der Waals surface area contributed by atoms with Gasteiger partial charge in [-0.3, -0.25) is 4.98 Å². The number of hydrogen-bond donors (Lipinski definition) is 2. The molecule has 0 atom stereocenters. The molecule has 0 amide bonds. The molecule has 6 heteroatoms. The van der Waals surface area contributed by atoms with Crippen molar-refractivity contribution in [1.82, 2.24) is 10.1 Å². The van der Waals surface area contributed by atoms with Gasteiger partial charge in [-0.2, -0.15) is 0 Å². The van der Waals surface area contributed by atoms with Gasteiger partial charge in [-0.15, -0.1) is 0 Å². The van der Waals surface area contributed by atoms with E-state index in [-0.39, 0.29) is 0 Å². The highest BCUT2D eigenvalue weighted by atomic mass is 16.5. The van der Waals surface area contributed by atoms with Crippen LogP contribution in [0.2, 0.25) is 0 Å². The van der Waals surface area contributed by atoms with Crippen molar-refractivity contribution in [2.45, 2.75) is 20.8 Å². The molecular weight excluding hydrogens is 352 g/mol. The summed E-state index contributed by atoms with van der Waals surface area (Å²) in [6.45, 7) is 5.86. The van der Waals surface area contributed by atoms with Crippen LogP contribution in [0.3, 0.4) is 0 Å². The van der Waals surface area contributed by atoms with Gasteiger partial charge >= 0.3 is 0 Å². The predicted octanol–water partition coefficient (Wildman–Crippen LogP) is 5.15. The number of nitrogens with zero attached hydrogens (tertiary/aromatic N) is 2. The molecule has 2 aromatic carbocycles. The third kappa shape index (κ3) is 2.93. The van der Waals surface area contributed by atoms with E-state index in [0.717, 1.165) is 50.4 Å². The maximum Gasteiger partial charge on any atom is 0.141 e. The van der Waals surface area contributed by atoms with Gasteiger partial charge in [-0.1, -0.05) is 23.4 Å². The zero-order valence-corrected chi connectivity index (χ0v) is 16.3. The van der Waals surface area contributed by atoms with E-state index in [9.17, 15) is 0 Å². The number of pyridine rings is 1. The number of aromatic nitrogens is 2. The second-order valence-electron chi connectivity index (χ2n) is 6.80. The summed E-state index contributed by atoms with van der Waals surface area (Å²) in [7, 11) is 1.65. The minimum absolute atomic E-state index is 0.572. The van der Waals surface area contributed by atoms with Crippen molar-refractivity contribution < 1.29 is 9.26 Å². The fourth-order valence-corrected chi connectivity index (χ4v) is 3.45. The minimum atomic E-state index is 0.572. The first-order valence-electron chi connectivity index (χ1n) is 9.01. The van der Waals surface area contributed by atoms with Gasteiger partial charge in [-0.05, 0) is 44.5 Å². The molecule has 4 rings (SSSR count). The summed E-state index contributed by atoms with van der Waals surface area (Å²) in [4.78, 5) is 4.54. The number of aryl methyl sites for hydroxylation is 3. The van der Waals surface area contributed by atoms with Gasteiger partial charge < -0.3 is 20.3 Å². The van der Waals surface area contributed by atoms with Gasteiger partial charge in [0.2, 0.25) is 0 Å². The number of nitrogen functional groups attached to an aromatic ring is 1. The molecule has 0 bridgehead atoms. The molecule has 2 heterocycles. The summed E-state index contributed by atoms with van der Waals surface area (Å²) in [5.41, 5.74) is 13.2. The van der Waals surface area contributed by atoms with Crippen LogP contribution in [0.5, 0.6) is 5.75 Å². The molecule has 0 spiro atoms. The van der Waals surface area contributed by atoms with Crippen LogP contribution >= 0.6 is 0 Å². The van der Waals surface area contributed by atoms with Crippen molar-refractivity contribution in [2.75, 3.05) is 18.2 Å². The highest BCUT2D eigenvalue weighted by Gasteiger charge is 2.19. The van der Waals surface area contributed by atoms with E-state index in [1.807, 2.05) is 44.2 Å². The zero-order valence-electron chi connectivity index (χ0n) is 16.3. The Morgan fingerprint density at radius 3 is 2.57 bits per heavy atom. The topological polar surface area (TPSA) is 86.2 Å². The van der Waals surface area contributed by atoms with Gasteiger partial charge in [0, 0.05) is 16.6 Å².